The molecule has 1 heterocycles. The second-order valence-electron chi connectivity index (χ2n) is 3.92. The van der Waals surface area contributed by atoms with E-state index in [0.29, 0.717) is 0 Å². The van der Waals surface area contributed by atoms with E-state index in [2.05, 4.69) is 15.3 Å². The van der Waals surface area contributed by atoms with E-state index in [1.807, 2.05) is 0 Å². The number of rotatable bonds is 4. The highest BCUT2D eigenvalue weighted by molar-refractivity contribution is 5.98. The van der Waals surface area contributed by atoms with Crippen molar-refractivity contribution in [2.45, 2.75) is 18.9 Å². The average Bonchev–Trinajstić information content (AvgIpc) is 3.09. The summed E-state index contributed by atoms with van der Waals surface area (Å²) >= 11 is 0. The number of carboxylic acid groups (broad SMARTS) is 1. The summed E-state index contributed by atoms with van der Waals surface area (Å²) in [6.45, 7) is 0. The summed E-state index contributed by atoms with van der Waals surface area (Å²) in [5, 5.41) is 11.4. The van der Waals surface area contributed by atoms with Crippen LogP contribution in [0.2, 0.25) is 0 Å². The summed E-state index contributed by atoms with van der Waals surface area (Å²) in [5.41, 5.74) is 5.44. The van der Waals surface area contributed by atoms with Crippen LogP contribution < -0.4 is 11.1 Å². The lowest BCUT2D eigenvalue weighted by atomic mass is 10.2. The molecule has 17 heavy (non-hydrogen) atoms. The first-order valence-corrected chi connectivity index (χ1v) is 5.19. The van der Waals surface area contributed by atoms with Gasteiger partial charge < -0.3 is 16.2 Å². The summed E-state index contributed by atoms with van der Waals surface area (Å²) in [5.74, 6) is -1.64. The van der Waals surface area contributed by atoms with E-state index < -0.39 is 17.9 Å². The molecule has 1 aromatic heterocycles. The molecule has 1 unspecified atom stereocenters. The van der Waals surface area contributed by atoms with Crippen molar-refractivity contribution in [1.82, 2.24) is 15.3 Å². The maximum absolute atomic E-state index is 11.8. The fraction of sp³-hybridized carbons (Fsp3) is 0.400. The summed E-state index contributed by atoms with van der Waals surface area (Å²) in [6, 6.07) is -0.871. The highest BCUT2D eigenvalue weighted by Crippen LogP contribution is 2.32. The Balaban J connectivity index is 2.10. The number of aliphatic carboxylic acids is 1. The summed E-state index contributed by atoms with van der Waals surface area (Å²) in [7, 11) is 0. The normalized spacial score (nSPS) is 16.2. The predicted molar refractivity (Wildman–Crippen MR) is 58.1 cm³/mol. The lowest BCUT2D eigenvalue weighted by Gasteiger charge is -2.13. The average molecular weight is 236 g/mol. The Kier molecular flexibility index (Phi) is 2.90. The van der Waals surface area contributed by atoms with Crippen LogP contribution >= 0.6 is 0 Å². The smallest absolute Gasteiger partial charge is 0.326 e. The summed E-state index contributed by atoms with van der Waals surface area (Å²) < 4.78 is 0. The molecule has 7 nitrogen and oxygen atoms in total. The van der Waals surface area contributed by atoms with Crippen molar-refractivity contribution in [3.8, 4) is 0 Å². The van der Waals surface area contributed by atoms with E-state index in [-0.39, 0.29) is 17.4 Å². The molecule has 0 aromatic carbocycles. The van der Waals surface area contributed by atoms with Gasteiger partial charge >= 0.3 is 5.97 Å². The number of hydrogen-bond donors (Lipinski definition) is 3. The second kappa shape index (κ2) is 4.36. The molecule has 0 radical (unpaired) electrons. The minimum absolute atomic E-state index is 0.00865. The quantitative estimate of drug-likeness (QED) is 0.657. The molecule has 1 aliphatic carbocycles. The van der Waals surface area contributed by atoms with Gasteiger partial charge in [0.15, 0.2) is 11.5 Å². The van der Waals surface area contributed by atoms with Gasteiger partial charge in [-0.05, 0) is 18.8 Å². The molecule has 4 N–H and O–H groups in total. The Morgan fingerprint density at radius 3 is 2.59 bits per heavy atom. The van der Waals surface area contributed by atoms with Crippen molar-refractivity contribution in [2.75, 3.05) is 5.73 Å². The van der Waals surface area contributed by atoms with E-state index in [0.717, 1.165) is 12.8 Å². The Bertz CT molecular complexity index is 459. The molecule has 2 rings (SSSR count). The summed E-state index contributed by atoms with van der Waals surface area (Å²) in [4.78, 5) is 30.2. The van der Waals surface area contributed by atoms with Crippen LogP contribution in [0.3, 0.4) is 0 Å². The Morgan fingerprint density at radius 2 is 2.06 bits per heavy atom. The molecule has 1 aromatic rings. The van der Waals surface area contributed by atoms with Crippen LogP contribution in [0, 0.1) is 5.92 Å². The van der Waals surface area contributed by atoms with Crippen molar-refractivity contribution in [2.24, 2.45) is 5.92 Å². The Morgan fingerprint density at radius 1 is 1.41 bits per heavy atom. The maximum atomic E-state index is 11.8. The molecule has 90 valence electrons. The van der Waals surface area contributed by atoms with Gasteiger partial charge in [-0.3, -0.25) is 4.79 Å². The molecule has 1 fully saturated rings. The third-order valence-corrected chi connectivity index (χ3v) is 2.59. The molecular formula is C10H12N4O3. The van der Waals surface area contributed by atoms with E-state index >= 15 is 0 Å². The molecule has 1 aliphatic rings. The molecule has 0 bridgehead atoms. The zero-order valence-electron chi connectivity index (χ0n) is 8.96. The number of carbonyl (C=O) groups excluding carboxylic acids is 1. The number of anilines is 1. The standard InChI is InChI=1S/C10H12N4O3/c11-8-7(12-3-4-13-8)9(15)14-6(10(16)17)5-1-2-5/h3-6H,1-2H2,(H2,11,13)(H,14,15)(H,16,17). The molecular weight excluding hydrogens is 224 g/mol. The molecule has 0 saturated heterocycles. The van der Waals surface area contributed by atoms with Crippen LogP contribution in [0.25, 0.3) is 0 Å². The molecule has 0 spiro atoms. The van der Waals surface area contributed by atoms with Crippen molar-refractivity contribution >= 4 is 17.7 Å². The van der Waals surface area contributed by atoms with Crippen molar-refractivity contribution in [3.05, 3.63) is 18.1 Å². The molecule has 7 heteroatoms. The highest BCUT2D eigenvalue weighted by Gasteiger charge is 2.37. The van der Waals surface area contributed by atoms with E-state index in [4.69, 9.17) is 10.8 Å². The van der Waals surface area contributed by atoms with Gasteiger partial charge in [0.25, 0.3) is 5.91 Å². The first kappa shape index (κ1) is 11.3. The van der Waals surface area contributed by atoms with Crippen molar-refractivity contribution < 1.29 is 14.7 Å². The molecule has 0 aliphatic heterocycles. The zero-order valence-corrected chi connectivity index (χ0v) is 8.96. The van der Waals surface area contributed by atoms with Gasteiger partial charge in [-0.1, -0.05) is 0 Å². The highest BCUT2D eigenvalue weighted by atomic mass is 16.4. The van der Waals surface area contributed by atoms with Crippen LogP contribution in [0.4, 0.5) is 5.82 Å². The minimum atomic E-state index is -1.04. The SMILES string of the molecule is Nc1nccnc1C(=O)NC(C(=O)O)C1CC1. The predicted octanol–water partition coefficient (Wildman–Crippen LogP) is -0.348. The number of nitrogens with two attached hydrogens (primary N) is 1. The van der Waals surface area contributed by atoms with Gasteiger partial charge in [-0.2, -0.15) is 0 Å². The number of aromatic nitrogens is 2. The van der Waals surface area contributed by atoms with Gasteiger partial charge in [-0.15, -0.1) is 0 Å². The Labute approximate surface area is 97.1 Å². The van der Waals surface area contributed by atoms with E-state index in [1.54, 1.807) is 0 Å². The van der Waals surface area contributed by atoms with Crippen LogP contribution in [-0.4, -0.2) is 33.0 Å². The Hall–Kier alpha value is -2.18. The first-order chi connectivity index (χ1) is 8.09. The molecule has 1 atom stereocenters. The monoisotopic (exact) mass is 236 g/mol. The number of nitrogens with zero attached hydrogens (tertiary/aromatic N) is 2. The first-order valence-electron chi connectivity index (χ1n) is 5.19. The van der Waals surface area contributed by atoms with Crippen LogP contribution in [0.1, 0.15) is 23.3 Å². The van der Waals surface area contributed by atoms with Gasteiger partial charge in [-0.25, -0.2) is 14.8 Å². The lowest BCUT2D eigenvalue weighted by Crippen LogP contribution is -2.42. The van der Waals surface area contributed by atoms with Crippen LogP contribution in [0.15, 0.2) is 12.4 Å². The lowest BCUT2D eigenvalue weighted by molar-refractivity contribution is -0.139. The maximum Gasteiger partial charge on any atom is 0.326 e. The largest absolute Gasteiger partial charge is 0.480 e. The molecule has 1 saturated carbocycles. The number of amides is 1. The van der Waals surface area contributed by atoms with Gasteiger partial charge in [0.05, 0.1) is 0 Å². The third kappa shape index (κ3) is 2.49. The number of hydrogen-bond acceptors (Lipinski definition) is 5. The second-order valence-corrected chi connectivity index (χ2v) is 3.92. The van der Waals surface area contributed by atoms with Crippen LogP contribution in [0.5, 0.6) is 0 Å². The topological polar surface area (TPSA) is 118 Å². The van der Waals surface area contributed by atoms with E-state index in [1.165, 1.54) is 12.4 Å². The van der Waals surface area contributed by atoms with Gasteiger partial charge in [0, 0.05) is 12.4 Å². The fourth-order valence-corrected chi connectivity index (χ4v) is 1.54. The zero-order chi connectivity index (χ0) is 12.4. The minimum Gasteiger partial charge on any atom is -0.480 e. The van der Waals surface area contributed by atoms with Crippen molar-refractivity contribution in [3.63, 3.8) is 0 Å². The van der Waals surface area contributed by atoms with Crippen molar-refractivity contribution in [1.29, 1.82) is 0 Å². The van der Waals surface area contributed by atoms with Gasteiger partial charge in [0.2, 0.25) is 0 Å². The fourth-order valence-electron chi connectivity index (χ4n) is 1.54. The summed E-state index contributed by atoms with van der Waals surface area (Å²) in [6.07, 6.45) is 4.32. The van der Waals surface area contributed by atoms with Gasteiger partial charge in [0.1, 0.15) is 6.04 Å². The number of nitrogens with one attached hydrogen (secondary N) is 1. The number of nitrogen functional groups attached to an aromatic ring is 1. The number of carbonyl (C=O) groups is 2. The van der Waals surface area contributed by atoms with E-state index in [9.17, 15) is 9.59 Å². The molecule has 1 amide bonds. The van der Waals surface area contributed by atoms with Crippen LogP contribution in [-0.2, 0) is 4.79 Å². The third-order valence-electron chi connectivity index (χ3n) is 2.59. The number of carboxylic acids is 1.